The molecule has 0 fully saturated rings. The fourth-order valence-electron chi connectivity index (χ4n) is 2.43. The van der Waals surface area contributed by atoms with Crippen LogP contribution in [-0.2, 0) is 6.54 Å². The number of nitrogens with one attached hydrogen (secondary N) is 2. The highest BCUT2D eigenvalue weighted by molar-refractivity contribution is 6.31. The molecule has 0 spiro atoms. The van der Waals surface area contributed by atoms with Gasteiger partial charge in [0.1, 0.15) is 5.82 Å². The molecule has 0 radical (unpaired) electrons. The Labute approximate surface area is 151 Å². The number of aryl methyl sites for hydroxylation is 1. The lowest BCUT2D eigenvalue weighted by Crippen LogP contribution is -2.23. The molecule has 2 N–H and O–H groups in total. The third-order valence-corrected chi connectivity index (χ3v) is 4.08. The number of halogens is 1. The van der Waals surface area contributed by atoms with Crippen molar-refractivity contribution in [1.29, 1.82) is 0 Å². The number of hydrogen-bond donors (Lipinski definition) is 2. The molecule has 25 heavy (non-hydrogen) atoms. The molecule has 0 atom stereocenters. The van der Waals surface area contributed by atoms with Gasteiger partial charge in [-0.1, -0.05) is 41.9 Å². The Bertz CT molecular complexity index is 895. The van der Waals surface area contributed by atoms with E-state index in [9.17, 15) is 4.79 Å². The van der Waals surface area contributed by atoms with Crippen LogP contribution < -0.4 is 10.6 Å². The first-order valence-corrected chi connectivity index (χ1v) is 8.31. The largest absolute Gasteiger partial charge is 0.348 e. The third-order valence-electron chi connectivity index (χ3n) is 3.71. The molecule has 0 bridgehead atoms. The highest BCUT2D eigenvalue weighted by atomic mass is 35.5. The zero-order valence-corrected chi connectivity index (χ0v) is 14.5. The van der Waals surface area contributed by atoms with Crippen LogP contribution in [0.25, 0.3) is 0 Å². The summed E-state index contributed by atoms with van der Waals surface area (Å²) in [5, 5.41) is 6.73. The number of carbonyl (C=O) groups excluding carboxylic acids is 1. The van der Waals surface area contributed by atoms with E-state index in [0.717, 1.165) is 16.8 Å². The van der Waals surface area contributed by atoms with Crippen molar-refractivity contribution in [3.05, 3.63) is 88.6 Å². The maximum absolute atomic E-state index is 12.4. The predicted molar refractivity (Wildman–Crippen MR) is 101 cm³/mol. The normalized spacial score (nSPS) is 10.3. The molecule has 4 nitrogen and oxygen atoms in total. The molecule has 0 saturated carbocycles. The Morgan fingerprint density at radius 1 is 1.08 bits per heavy atom. The Kier molecular flexibility index (Phi) is 5.31. The molecule has 3 aromatic rings. The number of nitrogens with zero attached hydrogens (tertiary/aromatic N) is 1. The van der Waals surface area contributed by atoms with Crippen LogP contribution in [0.1, 0.15) is 21.5 Å². The van der Waals surface area contributed by atoms with E-state index in [2.05, 4.69) is 15.6 Å². The van der Waals surface area contributed by atoms with Gasteiger partial charge in [0.15, 0.2) is 0 Å². The van der Waals surface area contributed by atoms with Crippen molar-refractivity contribution >= 4 is 29.0 Å². The van der Waals surface area contributed by atoms with Crippen molar-refractivity contribution in [2.75, 3.05) is 5.32 Å². The Balaban J connectivity index is 1.68. The van der Waals surface area contributed by atoms with Gasteiger partial charge < -0.3 is 10.6 Å². The second kappa shape index (κ2) is 7.81. The highest BCUT2D eigenvalue weighted by Gasteiger charge is 2.08. The molecule has 1 amide bonds. The van der Waals surface area contributed by atoms with Crippen LogP contribution in [0.3, 0.4) is 0 Å². The van der Waals surface area contributed by atoms with Crippen molar-refractivity contribution in [3.63, 3.8) is 0 Å². The van der Waals surface area contributed by atoms with Crippen LogP contribution in [0.4, 0.5) is 11.5 Å². The van der Waals surface area contributed by atoms with E-state index < -0.39 is 0 Å². The maximum atomic E-state index is 12.4. The van der Waals surface area contributed by atoms with E-state index in [-0.39, 0.29) is 5.91 Å². The lowest BCUT2D eigenvalue weighted by atomic mass is 10.2. The summed E-state index contributed by atoms with van der Waals surface area (Å²) >= 11 is 6.11. The first-order valence-electron chi connectivity index (χ1n) is 7.93. The highest BCUT2D eigenvalue weighted by Crippen LogP contribution is 2.17. The van der Waals surface area contributed by atoms with E-state index in [0.29, 0.717) is 22.9 Å². The molecule has 2 aromatic carbocycles. The molecule has 3 rings (SSSR count). The van der Waals surface area contributed by atoms with Crippen molar-refractivity contribution in [2.24, 2.45) is 0 Å². The number of rotatable bonds is 5. The summed E-state index contributed by atoms with van der Waals surface area (Å²) in [4.78, 5) is 16.6. The summed E-state index contributed by atoms with van der Waals surface area (Å²) in [5.41, 5.74) is 3.50. The number of anilines is 2. The zero-order chi connectivity index (χ0) is 17.6. The number of carbonyl (C=O) groups is 1. The third kappa shape index (κ3) is 4.58. The molecule has 126 valence electrons. The van der Waals surface area contributed by atoms with E-state index in [1.807, 2.05) is 49.4 Å². The van der Waals surface area contributed by atoms with Gasteiger partial charge in [-0.15, -0.1) is 0 Å². The fourth-order valence-corrected chi connectivity index (χ4v) is 2.63. The molecule has 0 aliphatic rings. The lowest BCUT2D eigenvalue weighted by molar-refractivity contribution is 0.0951. The molecular weight excluding hydrogens is 334 g/mol. The van der Waals surface area contributed by atoms with Gasteiger partial charge >= 0.3 is 0 Å². The zero-order valence-electron chi connectivity index (χ0n) is 13.8. The van der Waals surface area contributed by atoms with Gasteiger partial charge in [-0.3, -0.25) is 4.79 Å². The molecule has 5 heteroatoms. The number of hydrogen-bond acceptors (Lipinski definition) is 3. The maximum Gasteiger partial charge on any atom is 0.251 e. The van der Waals surface area contributed by atoms with Crippen molar-refractivity contribution in [2.45, 2.75) is 13.5 Å². The van der Waals surface area contributed by atoms with E-state index in [1.165, 1.54) is 0 Å². The lowest BCUT2D eigenvalue weighted by Gasteiger charge is -2.09. The van der Waals surface area contributed by atoms with E-state index in [1.54, 1.807) is 24.4 Å². The minimum atomic E-state index is -0.172. The number of amides is 1. The standard InChI is InChI=1S/C20H18ClN3O/c1-14-5-4-7-17(11-14)24-19-12-15(9-10-22-19)20(25)23-13-16-6-2-3-8-18(16)21/h2-12H,13H2,1H3,(H,22,24)(H,23,25). The molecule has 1 aromatic heterocycles. The summed E-state index contributed by atoms with van der Waals surface area (Å²) in [6.07, 6.45) is 1.61. The molecule has 0 aliphatic heterocycles. The van der Waals surface area contributed by atoms with Crippen LogP contribution in [-0.4, -0.2) is 10.9 Å². The summed E-state index contributed by atoms with van der Waals surface area (Å²) in [6, 6.07) is 18.8. The van der Waals surface area contributed by atoms with Crippen LogP contribution in [0.15, 0.2) is 66.9 Å². The molecule has 0 aliphatic carbocycles. The summed E-state index contributed by atoms with van der Waals surface area (Å²) in [7, 11) is 0. The first-order chi connectivity index (χ1) is 12.1. The van der Waals surface area contributed by atoms with Crippen molar-refractivity contribution < 1.29 is 4.79 Å². The molecule has 0 unspecified atom stereocenters. The minimum Gasteiger partial charge on any atom is -0.348 e. The molecular formula is C20H18ClN3O. The number of pyridine rings is 1. The quantitative estimate of drug-likeness (QED) is 0.699. The SMILES string of the molecule is Cc1cccc(Nc2cc(C(=O)NCc3ccccc3Cl)ccn2)c1. The van der Waals surface area contributed by atoms with E-state index >= 15 is 0 Å². The van der Waals surface area contributed by atoms with Crippen LogP contribution in [0.2, 0.25) is 5.02 Å². The van der Waals surface area contributed by atoms with Crippen LogP contribution in [0, 0.1) is 6.92 Å². The Morgan fingerprint density at radius 2 is 1.92 bits per heavy atom. The summed E-state index contributed by atoms with van der Waals surface area (Å²) < 4.78 is 0. The smallest absolute Gasteiger partial charge is 0.251 e. The van der Waals surface area contributed by atoms with Gasteiger partial charge in [-0.2, -0.15) is 0 Å². The summed E-state index contributed by atoms with van der Waals surface area (Å²) in [5.74, 6) is 0.450. The van der Waals surface area contributed by atoms with Crippen molar-refractivity contribution in [1.82, 2.24) is 10.3 Å². The molecule has 1 heterocycles. The first kappa shape index (κ1) is 17.0. The Morgan fingerprint density at radius 3 is 2.72 bits per heavy atom. The van der Waals surface area contributed by atoms with Gasteiger partial charge in [0, 0.05) is 29.0 Å². The number of benzene rings is 2. The second-order valence-electron chi connectivity index (χ2n) is 5.70. The fraction of sp³-hybridized carbons (Fsp3) is 0.100. The Hall–Kier alpha value is -2.85. The monoisotopic (exact) mass is 351 g/mol. The van der Waals surface area contributed by atoms with Gasteiger partial charge in [0.25, 0.3) is 5.91 Å². The van der Waals surface area contributed by atoms with Gasteiger partial charge in [-0.05, 0) is 48.4 Å². The van der Waals surface area contributed by atoms with Crippen LogP contribution in [0.5, 0.6) is 0 Å². The average Bonchev–Trinajstić information content (AvgIpc) is 2.61. The summed E-state index contributed by atoms with van der Waals surface area (Å²) in [6.45, 7) is 2.40. The number of aromatic nitrogens is 1. The molecule has 0 saturated heterocycles. The van der Waals surface area contributed by atoms with Crippen LogP contribution >= 0.6 is 11.6 Å². The second-order valence-corrected chi connectivity index (χ2v) is 6.11. The van der Waals surface area contributed by atoms with Crippen molar-refractivity contribution in [3.8, 4) is 0 Å². The average molecular weight is 352 g/mol. The van der Waals surface area contributed by atoms with E-state index in [4.69, 9.17) is 11.6 Å². The van der Waals surface area contributed by atoms with Gasteiger partial charge in [0.2, 0.25) is 0 Å². The van der Waals surface area contributed by atoms with Gasteiger partial charge in [0.05, 0.1) is 0 Å². The minimum absolute atomic E-state index is 0.172. The predicted octanol–water partition coefficient (Wildman–Crippen LogP) is 4.72. The van der Waals surface area contributed by atoms with Gasteiger partial charge in [-0.25, -0.2) is 4.98 Å². The topological polar surface area (TPSA) is 54.0 Å².